The van der Waals surface area contributed by atoms with Crippen molar-refractivity contribution in [3.63, 3.8) is 0 Å². The highest BCUT2D eigenvalue weighted by atomic mass is 19.1. The topological polar surface area (TPSA) is 44.0 Å². The van der Waals surface area contributed by atoms with Gasteiger partial charge in [0.15, 0.2) is 6.10 Å². The lowest BCUT2D eigenvalue weighted by molar-refractivity contribution is 0.230. The lowest BCUT2D eigenvalue weighted by atomic mass is 10.1. The third-order valence-electron chi connectivity index (χ3n) is 1.32. The van der Waals surface area contributed by atoms with Crippen LogP contribution in [-0.2, 0) is 0 Å². The fourth-order valence-corrected chi connectivity index (χ4v) is 0.766. The van der Waals surface area contributed by atoms with Gasteiger partial charge in [-0.15, -0.1) is 0 Å². The number of aliphatic hydroxyl groups excluding tert-OH is 1. The van der Waals surface area contributed by atoms with Crippen LogP contribution in [0.2, 0.25) is 0 Å². The Morgan fingerprint density at radius 3 is 2.64 bits per heavy atom. The van der Waals surface area contributed by atoms with Gasteiger partial charge in [0, 0.05) is 5.56 Å². The largest absolute Gasteiger partial charge is 0.374 e. The van der Waals surface area contributed by atoms with Gasteiger partial charge >= 0.3 is 0 Å². The summed E-state index contributed by atoms with van der Waals surface area (Å²) in [4.78, 5) is 0. The average Bonchev–Trinajstić information content (AvgIpc) is 2.04. The quantitative estimate of drug-likeness (QED) is 0.616. The zero-order valence-electron chi connectivity index (χ0n) is 5.66. The van der Waals surface area contributed by atoms with E-state index in [1.165, 1.54) is 24.3 Å². The molecule has 0 bridgehead atoms. The van der Waals surface area contributed by atoms with Crippen molar-refractivity contribution in [2.75, 3.05) is 0 Å². The van der Waals surface area contributed by atoms with Crippen LogP contribution < -0.4 is 0 Å². The van der Waals surface area contributed by atoms with Gasteiger partial charge in [-0.25, -0.2) is 4.39 Å². The summed E-state index contributed by atoms with van der Waals surface area (Å²) < 4.78 is 12.7. The summed E-state index contributed by atoms with van der Waals surface area (Å²) in [5, 5.41) is 17.2. The molecule has 1 N–H and O–H groups in total. The van der Waals surface area contributed by atoms with Gasteiger partial charge in [0.05, 0.1) is 6.07 Å². The summed E-state index contributed by atoms with van der Waals surface area (Å²) >= 11 is 0. The highest BCUT2D eigenvalue weighted by molar-refractivity contribution is 5.23. The van der Waals surface area contributed by atoms with E-state index in [9.17, 15) is 4.39 Å². The van der Waals surface area contributed by atoms with Crippen LogP contribution in [0.4, 0.5) is 4.39 Å². The molecule has 1 atom stereocenters. The molecule has 0 fully saturated rings. The van der Waals surface area contributed by atoms with Crippen LogP contribution in [0.25, 0.3) is 0 Å². The maximum absolute atomic E-state index is 12.7. The van der Waals surface area contributed by atoms with Crippen molar-refractivity contribution in [3.05, 3.63) is 35.6 Å². The maximum atomic E-state index is 12.7. The number of hydrogen-bond acceptors (Lipinski definition) is 2. The monoisotopic (exact) mass is 151 g/mol. The molecule has 1 aromatic carbocycles. The second-order valence-electron chi connectivity index (χ2n) is 2.05. The lowest BCUT2D eigenvalue weighted by Crippen LogP contribution is -1.96. The molecule has 0 amide bonds. The SMILES string of the molecule is N#C[C@H](O)c1ccccc1F. The summed E-state index contributed by atoms with van der Waals surface area (Å²) in [5.41, 5.74) is 0.0231. The van der Waals surface area contributed by atoms with Crippen LogP contribution in [0.1, 0.15) is 11.7 Å². The number of halogens is 1. The first-order valence-corrected chi connectivity index (χ1v) is 3.08. The molecule has 0 spiro atoms. The minimum Gasteiger partial charge on any atom is -0.374 e. The minimum absolute atomic E-state index is 0.0231. The summed E-state index contributed by atoms with van der Waals surface area (Å²) in [6, 6.07) is 7.19. The van der Waals surface area contributed by atoms with Crippen LogP contribution in [0, 0.1) is 17.1 Å². The van der Waals surface area contributed by atoms with Gasteiger partial charge in [-0.3, -0.25) is 0 Å². The molecule has 0 saturated heterocycles. The molecule has 1 aromatic rings. The van der Waals surface area contributed by atoms with Gasteiger partial charge < -0.3 is 5.11 Å². The third kappa shape index (κ3) is 1.54. The fourth-order valence-electron chi connectivity index (χ4n) is 0.766. The third-order valence-corrected chi connectivity index (χ3v) is 1.32. The van der Waals surface area contributed by atoms with Gasteiger partial charge in [-0.2, -0.15) is 5.26 Å². The van der Waals surface area contributed by atoms with Crippen LogP contribution in [-0.4, -0.2) is 5.11 Å². The molecule has 0 saturated carbocycles. The van der Waals surface area contributed by atoms with Gasteiger partial charge in [-0.05, 0) is 6.07 Å². The Bertz CT molecular complexity index is 292. The van der Waals surface area contributed by atoms with Crippen LogP contribution in [0.5, 0.6) is 0 Å². The molecule has 0 unspecified atom stereocenters. The summed E-state index contributed by atoms with van der Waals surface area (Å²) in [5.74, 6) is -0.554. The van der Waals surface area contributed by atoms with E-state index in [2.05, 4.69) is 0 Å². The number of nitrogens with zero attached hydrogens (tertiary/aromatic N) is 1. The smallest absolute Gasteiger partial charge is 0.168 e. The van der Waals surface area contributed by atoms with Crippen LogP contribution in [0.15, 0.2) is 24.3 Å². The van der Waals surface area contributed by atoms with E-state index in [-0.39, 0.29) is 5.56 Å². The van der Waals surface area contributed by atoms with Gasteiger partial charge in [0.1, 0.15) is 5.82 Å². The van der Waals surface area contributed by atoms with E-state index in [0.29, 0.717) is 0 Å². The Labute approximate surface area is 63.5 Å². The first kappa shape index (κ1) is 7.70. The van der Waals surface area contributed by atoms with Crippen molar-refractivity contribution in [1.29, 1.82) is 5.26 Å². The zero-order chi connectivity index (χ0) is 8.27. The number of rotatable bonds is 1. The predicted molar refractivity (Wildman–Crippen MR) is 37.0 cm³/mol. The van der Waals surface area contributed by atoms with E-state index < -0.39 is 11.9 Å². The standard InChI is InChI=1S/C8H6FNO/c9-7-4-2-1-3-6(7)8(11)5-10/h1-4,8,11H/t8-/m0/s1. The molecule has 0 aromatic heterocycles. The summed E-state index contributed by atoms with van der Waals surface area (Å²) in [7, 11) is 0. The maximum Gasteiger partial charge on any atom is 0.168 e. The van der Waals surface area contributed by atoms with Crippen molar-refractivity contribution in [2.24, 2.45) is 0 Å². The molecule has 0 radical (unpaired) electrons. The highest BCUT2D eigenvalue weighted by Crippen LogP contribution is 2.14. The van der Waals surface area contributed by atoms with Gasteiger partial charge in [0.25, 0.3) is 0 Å². The summed E-state index contributed by atoms with van der Waals surface area (Å²) in [6.07, 6.45) is -1.36. The second-order valence-corrected chi connectivity index (χ2v) is 2.05. The van der Waals surface area contributed by atoms with E-state index in [0.717, 1.165) is 0 Å². The molecule has 0 aliphatic heterocycles. The van der Waals surface area contributed by atoms with Crippen molar-refractivity contribution in [2.45, 2.75) is 6.10 Å². The molecule has 2 nitrogen and oxygen atoms in total. The van der Waals surface area contributed by atoms with E-state index in [1.807, 2.05) is 0 Å². The van der Waals surface area contributed by atoms with E-state index in [4.69, 9.17) is 10.4 Å². The van der Waals surface area contributed by atoms with Gasteiger partial charge in [0.2, 0.25) is 0 Å². The van der Waals surface area contributed by atoms with E-state index in [1.54, 1.807) is 6.07 Å². The Morgan fingerprint density at radius 2 is 2.09 bits per heavy atom. The van der Waals surface area contributed by atoms with Crippen molar-refractivity contribution < 1.29 is 9.50 Å². The Balaban J connectivity index is 3.05. The number of benzene rings is 1. The lowest BCUT2D eigenvalue weighted by Gasteiger charge is -2.01. The normalized spacial score (nSPS) is 12.1. The second kappa shape index (κ2) is 3.13. The molecular formula is C8H6FNO. The van der Waals surface area contributed by atoms with Crippen molar-refractivity contribution >= 4 is 0 Å². The van der Waals surface area contributed by atoms with Crippen LogP contribution >= 0.6 is 0 Å². The Hall–Kier alpha value is -1.40. The molecular weight excluding hydrogens is 145 g/mol. The number of aliphatic hydroxyl groups is 1. The molecule has 0 aliphatic carbocycles. The molecule has 0 aliphatic rings. The molecule has 56 valence electrons. The molecule has 3 heteroatoms. The van der Waals surface area contributed by atoms with Crippen LogP contribution in [0.3, 0.4) is 0 Å². The first-order valence-electron chi connectivity index (χ1n) is 3.08. The summed E-state index contributed by atoms with van der Waals surface area (Å²) in [6.45, 7) is 0. The molecule has 1 rings (SSSR count). The van der Waals surface area contributed by atoms with Gasteiger partial charge in [-0.1, -0.05) is 18.2 Å². The molecule has 11 heavy (non-hydrogen) atoms. The minimum atomic E-state index is -1.36. The zero-order valence-corrected chi connectivity index (χ0v) is 5.66. The average molecular weight is 151 g/mol. The molecule has 0 heterocycles. The highest BCUT2D eigenvalue weighted by Gasteiger charge is 2.09. The Morgan fingerprint density at radius 1 is 1.45 bits per heavy atom. The fraction of sp³-hybridized carbons (Fsp3) is 0.125. The van der Waals surface area contributed by atoms with Crippen molar-refractivity contribution in [1.82, 2.24) is 0 Å². The predicted octanol–water partition coefficient (Wildman–Crippen LogP) is 1.38. The van der Waals surface area contributed by atoms with E-state index >= 15 is 0 Å². The number of nitriles is 1. The Kier molecular flexibility index (Phi) is 2.19. The first-order chi connectivity index (χ1) is 5.25. The number of hydrogen-bond donors (Lipinski definition) is 1. The van der Waals surface area contributed by atoms with Crippen molar-refractivity contribution in [3.8, 4) is 6.07 Å².